The Balaban J connectivity index is 1.81. The van der Waals surface area contributed by atoms with Crippen LogP contribution in [0.3, 0.4) is 0 Å². The second kappa shape index (κ2) is 8.92. The molecule has 0 aliphatic rings. The van der Waals surface area contributed by atoms with E-state index >= 15 is 0 Å². The number of aromatic nitrogens is 3. The Morgan fingerprint density at radius 3 is 2.63 bits per heavy atom. The van der Waals surface area contributed by atoms with E-state index < -0.39 is 0 Å². The Hall–Kier alpha value is -2.51. The normalized spacial score (nSPS) is 10.6. The van der Waals surface area contributed by atoms with Gasteiger partial charge < -0.3 is 14.9 Å². The van der Waals surface area contributed by atoms with Crippen LogP contribution in [0.4, 0.5) is 0 Å². The van der Waals surface area contributed by atoms with Crippen molar-refractivity contribution in [1.82, 2.24) is 14.9 Å². The molecule has 0 saturated carbocycles. The average molecular weight is 405 g/mol. The van der Waals surface area contributed by atoms with Crippen LogP contribution in [-0.4, -0.2) is 21.5 Å². The third kappa shape index (κ3) is 4.81. The number of benzene rings is 2. The number of aryl methyl sites for hydroxylation is 1. The maximum Gasteiger partial charge on any atom is 0.214 e. The summed E-state index contributed by atoms with van der Waals surface area (Å²) in [4.78, 5) is 0. The Kier molecular flexibility index (Phi) is 6.36. The predicted octanol–water partition coefficient (Wildman–Crippen LogP) is 4.62. The average Bonchev–Trinajstić information content (AvgIpc) is 2.98. The quantitative estimate of drug-likeness (QED) is 0.536. The lowest BCUT2D eigenvalue weighted by atomic mass is 10.2. The fraction of sp³-hybridized carbons (Fsp3) is 0.263. The minimum atomic E-state index is 0.415. The Morgan fingerprint density at radius 1 is 1.19 bits per heavy atom. The number of nitrogens with zero attached hydrogens (tertiary/aromatic N) is 2. The molecule has 0 radical (unpaired) electrons. The van der Waals surface area contributed by atoms with Crippen LogP contribution in [0.5, 0.6) is 11.5 Å². The highest BCUT2D eigenvalue weighted by molar-refractivity contribution is 7.71. The summed E-state index contributed by atoms with van der Waals surface area (Å²) in [6, 6.07) is 13.4. The monoisotopic (exact) mass is 404 g/mol. The first-order valence-electron chi connectivity index (χ1n) is 8.58. The maximum atomic E-state index is 6.11. The largest absolute Gasteiger partial charge is 0.490 e. The molecule has 0 unspecified atom stereocenters. The van der Waals surface area contributed by atoms with Crippen molar-refractivity contribution < 1.29 is 9.47 Å². The first kappa shape index (κ1) is 19.3. The third-order valence-electron chi connectivity index (χ3n) is 3.92. The number of nitrogens with one attached hydrogen (secondary N) is 2. The first-order valence-corrected chi connectivity index (χ1v) is 9.37. The van der Waals surface area contributed by atoms with Crippen LogP contribution in [0.2, 0.25) is 5.02 Å². The summed E-state index contributed by atoms with van der Waals surface area (Å²) < 4.78 is 14.1. The topological polar surface area (TPSA) is 64.1 Å². The van der Waals surface area contributed by atoms with E-state index in [2.05, 4.69) is 15.6 Å². The van der Waals surface area contributed by atoms with Crippen molar-refractivity contribution >= 4 is 23.8 Å². The molecule has 0 aliphatic heterocycles. The van der Waals surface area contributed by atoms with E-state index in [1.54, 1.807) is 4.68 Å². The second-order valence-electron chi connectivity index (χ2n) is 5.84. The lowest BCUT2D eigenvalue weighted by Crippen LogP contribution is -2.17. The molecule has 8 heteroatoms. The molecule has 3 aromatic rings. The van der Waals surface area contributed by atoms with Gasteiger partial charge in [0.1, 0.15) is 12.4 Å². The standard InChI is InChI=1S/C19H21ClN4O2S/c1-3-25-17-6-4-5-15(11-21-24-13(2)22-23-19(24)27)18(17)26-12-14-7-9-16(20)10-8-14/h4-10,21H,3,11-12H2,1-2H3,(H,23,27). The highest BCUT2D eigenvalue weighted by atomic mass is 35.5. The van der Waals surface area contributed by atoms with Crippen LogP contribution < -0.4 is 14.9 Å². The summed E-state index contributed by atoms with van der Waals surface area (Å²) >= 11 is 11.2. The molecular formula is C19H21ClN4O2S. The van der Waals surface area contributed by atoms with Gasteiger partial charge in [0.15, 0.2) is 11.5 Å². The van der Waals surface area contributed by atoms with Gasteiger partial charge in [-0.25, -0.2) is 4.68 Å². The zero-order chi connectivity index (χ0) is 19.2. The third-order valence-corrected chi connectivity index (χ3v) is 4.45. The molecule has 0 aliphatic carbocycles. The van der Waals surface area contributed by atoms with E-state index in [0.717, 1.165) is 17.0 Å². The molecule has 27 heavy (non-hydrogen) atoms. The van der Waals surface area contributed by atoms with Crippen molar-refractivity contribution in [3.05, 3.63) is 69.2 Å². The molecule has 142 valence electrons. The number of para-hydroxylation sites is 1. The Morgan fingerprint density at radius 2 is 1.96 bits per heavy atom. The van der Waals surface area contributed by atoms with Gasteiger partial charge in [-0.05, 0) is 49.8 Å². The zero-order valence-electron chi connectivity index (χ0n) is 15.2. The Bertz CT molecular complexity index is 953. The molecule has 0 spiro atoms. The Labute approximate surface area is 168 Å². The molecule has 2 aromatic carbocycles. The maximum absolute atomic E-state index is 6.11. The highest BCUT2D eigenvalue weighted by Gasteiger charge is 2.12. The van der Waals surface area contributed by atoms with Crippen molar-refractivity contribution in [2.24, 2.45) is 0 Å². The van der Waals surface area contributed by atoms with Crippen molar-refractivity contribution in [3.63, 3.8) is 0 Å². The fourth-order valence-corrected chi connectivity index (χ4v) is 2.96. The number of H-pyrrole nitrogens is 1. The van der Waals surface area contributed by atoms with Crippen molar-refractivity contribution in [2.45, 2.75) is 27.0 Å². The number of hydrogen-bond donors (Lipinski definition) is 2. The summed E-state index contributed by atoms with van der Waals surface area (Å²) in [5.41, 5.74) is 5.24. The second-order valence-corrected chi connectivity index (χ2v) is 6.66. The van der Waals surface area contributed by atoms with Gasteiger partial charge in [0.2, 0.25) is 4.77 Å². The SMILES string of the molecule is CCOc1cccc(CNn2c(C)n[nH]c2=S)c1OCc1ccc(Cl)cc1. The molecule has 1 heterocycles. The van der Waals surface area contributed by atoms with Crippen LogP contribution in [0, 0.1) is 11.7 Å². The molecular weight excluding hydrogens is 384 g/mol. The van der Waals surface area contributed by atoms with E-state index in [9.17, 15) is 0 Å². The summed E-state index contributed by atoms with van der Waals surface area (Å²) in [6.45, 7) is 5.29. The van der Waals surface area contributed by atoms with Crippen LogP contribution in [0.1, 0.15) is 23.9 Å². The number of hydrogen-bond acceptors (Lipinski definition) is 5. The van der Waals surface area contributed by atoms with E-state index in [1.165, 1.54) is 0 Å². The predicted molar refractivity (Wildman–Crippen MR) is 109 cm³/mol. The van der Waals surface area contributed by atoms with Gasteiger partial charge in [-0.15, -0.1) is 0 Å². The van der Waals surface area contributed by atoms with Crippen LogP contribution >= 0.6 is 23.8 Å². The van der Waals surface area contributed by atoms with Gasteiger partial charge in [0.05, 0.1) is 13.2 Å². The van der Waals surface area contributed by atoms with E-state index in [0.29, 0.717) is 41.1 Å². The summed E-state index contributed by atoms with van der Waals surface area (Å²) in [6.07, 6.45) is 0. The van der Waals surface area contributed by atoms with Gasteiger partial charge in [-0.3, -0.25) is 5.10 Å². The molecule has 3 rings (SSSR count). The summed E-state index contributed by atoms with van der Waals surface area (Å²) in [5.74, 6) is 2.16. The van der Waals surface area contributed by atoms with Crippen LogP contribution in [0.25, 0.3) is 0 Å². The molecule has 1 aromatic heterocycles. The van der Waals surface area contributed by atoms with Gasteiger partial charge in [0, 0.05) is 10.6 Å². The van der Waals surface area contributed by atoms with Gasteiger partial charge >= 0.3 is 0 Å². The number of halogens is 1. The van der Waals surface area contributed by atoms with Crippen LogP contribution in [0.15, 0.2) is 42.5 Å². The molecule has 0 atom stereocenters. The van der Waals surface area contributed by atoms with Crippen LogP contribution in [-0.2, 0) is 13.2 Å². The number of ether oxygens (including phenoxy) is 2. The van der Waals surface area contributed by atoms with E-state index in [4.69, 9.17) is 33.3 Å². The molecule has 0 saturated heterocycles. The molecule has 0 bridgehead atoms. The molecule has 0 fully saturated rings. The first-order chi connectivity index (χ1) is 13.1. The molecule has 6 nitrogen and oxygen atoms in total. The lowest BCUT2D eigenvalue weighted by molar-refractivity contribution is 0.267. The molecule has 0 amide bonds. The fourth-order valence-electron chi connectivity index (χ4n) is 2.60. The number of rotatable bonds is 8. The van der Waals surface area contributed by atoms with E-state index in [-0.39, 0.29) is 0 Å². The summed E-state index contributed by atoms with van der Waals surface area (Å²) in [5, 5.41) is 7.55. The van der Waals surface area contributed by atoms with Gasteiger partial charge in [0.25, 0.3) is 0 Å². The number of aromatic amines is 1. The highest BCUT2D eigenvalue weighted by Crippen LogP contribution is 2.32. The minimum absolute atomic E-state index is 0.415. The van der Waals surface area contributed by atoms with Crippen molar-refractivity contribution in [1.29, 1.82) is 0 Å². The van der Waals surface area contributed by atoms with Crippen molar-refractivity contribution in [2.75, 3.05) is 12.0 Å². The zero-order valence-corrected chi connectivity index (χ0v) is 16.7. The minimum Gasteiger partial charge on any atom is -0.490 e. The lowest BCUT2D eigenvalue weighted by Gasteiger charge is -2.17. The molecule has 2 N–H and O–H groups in total. The van der Waals surface area contributed by atoms with Gasteiger partial charge in [-0.2, -0.15) is 5.10 Å². The van der Waals surface area contributed by atoms with Gasteiger partial charge in [-0.1, -0.05) is 35.9 Å². The van der Waals surface area contributed by atoms with E-state index in [1.807, 2.05) is 56.3 Å². The summed E-state index contributed by atoms with van der Waals surface area (Å²) in [7, 11) is 0. The smallest absolute Gasteiger partial charge is 0.214 e. The van der Waals surface area contributed by atoms with Crippen molar-refractivity contribution in [3.8, 4) is 11.5 Å².